The number of aromatic nitrogens is 1. The summed E-state index contributed by atoms with van der Waals surface area (Å²) in [5.74, 6) is -2.22. The third kappa shape index (κ3) is 8.10. The van der Waals surface area contributed by atoms with Gasteiger partial charge in [0.2, 0.25) is 5.60 Å². The number of thiazole rings is 1. The molecule has 2 aliphatic rings. The largest absolute Gasteiger partial charge is 0.477 e. The van der Waals surface area contributed by atoms with Gasteiger partial charge in [0.15, 0.2) is 10.8 Å². The summed E-state index contributed by atoms with van der Waals surface area (Å²) >= 11 is 2.64. The number of nitrogens with zero attached hydrogens (tertiary/aromatic N) is 3. The van der Waals surface area contributed by atoms with Gasteiger partial charge in [0.25, 0.3) is 11.8 Å². The number of methoxy groups -OCH3 is 1. The van der Waals surface area contributed by atoms with Crippen LogP contribution in [0.1, 0.15) is 39.1 Å². The Morgan fingerprint density at radius 1 is 0.723 bits per heavy atom. The molecule has 3 N–H and O–H groups in total. The van der Waals surface area contributed by atoms with Crippen molar-refractivity contribution in [2.24, 2.45) is 5.16 Å². The molecule has 0 bridgehead atoms. The second kappa shape index (κ2) is 18.8. The average Bonchev–Trinajstić information content (AvgIpc) is 3.83. The maximum absolute atomic E-state index is 14.9. The molecule has 1 aromatic heterocycles. The molecule has 1 unspecified atom stereocenters. The van der Waals surface area contributed by atoms with E-state index in [4.69, 9.17) is 19.7 Å². The molecule has 2 aliphatic heterocycles. The van der Waals surface area contributed by atoms with E-state index >= 15 is 0 Å². The molecule has 65 heavy (non-hydrogen) atoms. The number of carbonyl (C=O) groups excluding carboxylic acids is 2. The number of anilines is 1. The van der Waals surface area contributed by atoms with E-state index in [2.05, 4.69) is 47.0 Å². The minimum absolute atomic E-state index is 0.0581. The van der Waals surface area contributed by atoms with Gasteiger partial charge in [-0.25, -0.2) is 9.78 Å². The van der Waals surface area contributed by atoms with Crippen LogP contribution >= 0.6 is 23.1 Å². The fraction of sp³-hybridized carbons (Fsp3) is 0.135. The molecule has 1 saturated heterocycles. The zero-order valence-corrected chi connectivity index (χ0v) is 36.7. The number of carboxylic acid groups (broad SMARTS) is 1. The molecule has 13 heteroatoms. The number of β-lactam (4-membered cyclic amide) rings is 1. The smallest absolute Gasteiger partial charge is 0.352 e. The Bertz CT molecular complexity index is 2650. The molecule has 0 saturated carbocycles. The quantitative estimate of drug-likeness (QED) is 0.0376. The summed E-state index contributed by atoms with van der Waals surface area (Å²) in [6, 6.07) is 58.2. The molecule has 3 heterocycles. The van der Waals surface area contributed by atoms with Crippen LogP contribution in [0, 0.1) is 0 Å². The van der Waals surface area contributed by atoms with Crippen LogP contribution in [0.3, 0.4) is 0 Å². The fourth-order valence-electron chi connectivity index (χ4n) is 8.55. The van der Waals surface area contributed by atoms with Crippen molar-refractivity contribution in [3.8, 4) is 0 Å². The molecular formula is C52H43N5O6S2. The Kier molecular flexibility index (Phi) is 12.4. The minimum atomic E-state index is -1.35. The van der Waals surface area contributed by atoms with Gasteiger partial charge in [0.1, 0.15) is 28.3 Å². The maximum atomic E-state index is 14.9. The van der Waals surface area contributed by atoms with Crippen molar-refractivity contribution in [2.75, 3.05) is 24.8 Å². The van der Waals surface area contributed by atoms with Crippen molar-refractivity contribution in [3.63, 3.8) is 0 Å². The molecule has 2 amide bonds. The van der Waals surface area contributed by atoms with Gasteiger partial charge in [-0.1, -0.05) is 187 Å². The molecule has 2 atom stereocenters. The predicted octanol–water partition coefficient (Wildman–Crippen LogP) is 8.64. The monoisotopic (exact) mass is 897 g/mol. The number of thioether (sulfide) groups is 1. The molecule has 9 rings (SSSR count). The average molecular weight is 898 g/mol. The van der Waals surface area contributed by atoms with Crippen molar-refractivity contribution in [2.45, 2.75) is 22.6 Å². The van der Waals surface area contributed by atoms with Crippen LogP contribution in [0.5, 0.6) is 0 Å². The number of aliphatic carboxylic acids is 1. The topological polar surface area (TPSA) is 142 Å². The first kappa shape index (κ1) is 43.0. The van der Waals surface area contributed by atoms with Crippen LogP contribution in [0.2, 0.25) is 0 Å². The molecule has 6 aromatic carbocycles. The van der Waals surface area contributed by atoms with E-state index in [0.29, 0.717) is 16.5 Å². The van der Waals surface area contributed by atoms with E-state index in [1.54, 1.807) is 5.38 Å². The SMILES string of the molecule is COCC1=C(C(=O)O)N2C(=O)C(NC(=O)/C(=N\OC(c3ccccc3)(c3ccccc3)c3ccccc3)c3csc(NC(c4ccccc4)(c4ccccc4)c4ccccc4)n3)[C@H]2SC1. The first-order chi connectivity index (χ1) is 31.8. The van der Waals surface area contributed by atoms with E-state index < -0.39 is 40.3 Å². The lowest BCUT2D eigenvalue weighted by atomic mass is 9.77. The first-order valence-corrected chi connectivity index (χ1v) is 22.8. The summed E-state index contributed by atoms with van der Waals surface area (Å²) < 4.78 is 5.25. The van der Waals surface area contributed by atoms with E-state index in [0.717, 1.165) is 33.4 Å². The highest BCUT2D eigenvalue weighted by Crippen LogP contribution is 2.44. The summed E-state index contributed by atoms with van der Waals surface area (Å²) in [6.45, 7) is 0.0581. The van der Waals surface area contributed by atoms with Gasteiger partial charge in [-0.3, -0.25) is 14.5 Å². The number of hydrogen-bond acceptors (Lipinski definition) is 10. The summed E-state index contributed by atoms with van der Waals surface area (Å²) in [5, 5.41) is 23.2. The second-order valence-corrected chi connectivity index (χ2v) is 17.3. The highest BCUT2D eigenvalue weighted by Gasteiger charge is 2.54. The van der Waals surface area contributed by atoms with Crippen LogP contribution in [0.4, 0.5) is 5.13 Å². The molecule has 0 aliphatic carbocycles. The van der Waals surface area contributed by atoms with Crippen molar-refractivity contribution in [1.29, 1.82) is 0 Å². The lowest BCUT2D eigenvalue weighted by molar-refractivity contribution is -0.150. The Labute approximate surface area is 384 Å². The summed E-state index contributed by atoms with van der Waals surface area (Å²) in [7, 11) is 1.47. The zero-order valence-electron chi connectivity index (χ0n) is 35.1. The van der Waals surface area contributed by atoms with E-state index in [-0.39, 0.29) is 23.7 Å². The molecule has 324 valence electrons. The van der Waals surface area contributed by atoms with E-state index in [9.17, 15) is 19.5 Å². The third-order valence-corrected chi connectivity index (χ3v) is 13.6. The summed E-state index contributed by atoms with van der Waals surface area (Å²) in [6.07, 6.45) is 0. The standard InChI is InChI=1S/C52H43N5O6S2/c1-62-32-35-33-64-48-44(47(59)57(48)45(35)49(60)61)54-46(58)43(56-63-52(39-26-14-5-15-27-39,40-28-16-6-17-29-40)41-30-18-7-19-31-41)42-34-65-50(53-42)55-51(36-20-8-2-9-21-36,37-22-10-3-11-23-37)38-24-12-4-13-25-38/h2-31,34,44,48H,32-33H2,1H3,(H,53,55)(H,54,58)(H,60,61)/b56-43-/t44?,48-/m1/s1. The van der Waals surface area contributed by atoms with Gasteiger partial charge < -0.3 is 25.3 Å². The summed E-state index contributed by atoms with van der Waals surface area (Å²) in [5.41, 5.74) is 3.23. The highest BCUT2D eigenvalue weighted by molar-refractivity contribution is 8.00. The van der Waals surface area contributed by atoms with Gasteiger partial charge in [0.05, 0.1) is 6.61 Å². The number of carbonyl (C=O) groups is 3. The van der Waals surface area contributed by atoms with Crippen molar-refractivity contribution in [3.05, 3.63) is 238 Å². The van der Waals surface area contributed by atoms with Crippen LogP contribution in [-0.4, -0.2) is 69.4 Å². The van der Waals surface area contributed by atoms with Gasteiger partial charge >= 0.3 is 5.97 Å². The maximum Gasteiger partial charge on any atom is 0.352 e. The van der Waals surface area contributed by atoms with Gasteiger partial charge in [-0.05, 0) is 22.3 Å². The van der Waals surface area contributed by atoms with Gasteiger partial charge in [0, 0.05) is 34.9 Å². The highest BCUT2D eigenvalue weighted by atomic mass is 32.2. The van der Waals surface area contributed by atoms with Gasteiger partial charge in [-0.2, -0.15) is 0 Å². The number of ether oxygens (including phenoxy) is 1. The van der Waals surface area contributed by atoms with E-state index in [1.165, 1.54) is 35.1 Å². The molecular weight excluding hydrogens is 855 g/mol. The Morgan fingerprint density at radius 3 is 1.60 bits per heavy atom. The third-order valence-electron chi connectivity index (χ3n) is 11.5. The number of nitrogens with one attached hydrogen (secondary N) is 2. The Balaban J connectivity index is 1.16. The number of rotatable bonds is 16. The fourth-order valence-corrected chi connectivity index (χ4v) is 10.6. The zero-order chi connectivity index (χ0) is 44.8. The van der Waals surface area contributed by atoms with E-state index in [1.807, 2.05) is 146 Å². The predicted molar refractivity (Wildman–Crippen MR) is 253 cm³/mol. The Hall–Kier alpha value is -7.32. The van der Waals surface area contributed by atoms with Crippen molar-refractivity contribution < 1.29 is 29.1 Å². The molecule has 0 radical (unpaired) electrons. The van der Waals surface area contributed by atoms with Crippen molar-refractivity contribution in [1.82, 2.24) is 15.2 Å². The van der Waals surface area contributed by atoms with Crippen LogP contribution in [-0.2, 0) is 35.1 Å². The second-order valence-electron chi connectivity index (χ2n) is 15.4. The number of oxime groups is 1. The number of fused-ring (bicyclic) bond motifs is 1. The number of hydrogen-bond donors (Lipinski definition) is 3. The molecule has 7 aromatic rings. The van der Waals surface area contributed by atoms with Crippen LogP contribution in [0.25, 0.3) is 0 Å². The summed E-state index contributed by atoms with van der Waals surface area (Å²) in [4.78, 5) is 54.4. The number of benzene rings is 6. The molecule has 0 spiro atoms. The molecule has 11 nitrogen and oxygen atoms in total. The Morgan fingerprint density at radius 2 is 1.17 bits per heavy atom. The lowest BCUT2D eigenvalue weighted by Crippen LogP contribution is -2.71. The van der Waals surface area contributed by atoms with Crippen LogP contribution < -0.4 is 10.6 Å². The van der Waals surface area contributed by atoms with Gasteiger partial charge in [-0.15, -0.1) is 23.1 Å². The lowest BCUT2D eigenvalue weighted by Gasteiger charge is -2.49. The minimum Gasteiger partial charge on any atom is -0.477 e. The first-order valence-electron chi connectivity index (χ1n) is 20.9. The number of carboxylic acids is 1. The van der Waals surface area contributed by atoms with Crippen LogP contribution in [0.15, 0.2) is 204 Å². The molecule has 1 fully saturated rings. The number of amides is 2. The normalized spacial score (nSPS) is 16.3. The van der Waals surface area contributed by atoms with Crippen molar-refractivity contribution >= 4 is 51.7 Å².